The summed E-state index contributed by atoms with van der Waals surface area (Å²) in [4.78, 5) is 15.9. The van der Waals surface area contributed by atoms with Crippen LogP contribution in [0.15, 0.2) is 12.3 Å². The maximum atomic E-state index is 11.7. The highest BCUT2D eigenvalue weighted by atomic mass is 32.2. The molecule has 0 fully saturated rings. The van der Waals surface area contributed by atoms with Gasteiger partial charge in [-0.05, 0) is 18.9 Å². The molecule has 0 N–H and O–H groups in total. The van der Waals surface area contributed by atoms with E-state index >= 15 is 0 Å². The lowest BCUT2D eigenvalue weighted by Crippen LogP contribution is -2.35. The van der Waals surface area contributed by atoms with Crippen LogP contribution in [0.1, 0.15) is 35.8 Å². The first kappa shape index (κ1) is 13.0. The lowest BCUT2D eigenvalue weighted by atomic mass is 10.1. The molecule has 0 saturated carbocycles. The molecule has 0 spiro atoms. The normalized spacial score (nSPS) is 15.3. The van der Waals surface area contributed by atoms with E-state index in [1.165, 1.54) is 16.8 Å². The number of Topliss-reactive ketones (excluding diaryl/α,β-unsaturated/α-hetero) is 1. The van der Waals surface area contributed by atoms with E-state index in [9.17, 15) is 13.2 Å². The van der Waals surface area contributed by atoms with Crippen LogP contribution in [0.5, 0.6) is 0 Å². The molecule has 0 saturated heterocycles. The Morgan fingerprint density at radius 1 is 1.50 bits per heavy atom. The molecule has 2 heterocycles. The van der Waals surface area contributed by atoms with Crippen LogP contribution >= 0.6 is 0 Å². The van der Waals surface area contributed by atoms with Crippen molar-refractivity contribution in [3.8, 4) is 0 Å². The molecule has 0 amide bonds. The predicted molar refractivity (Wildman–Crippen MR) is 69.4 cm³/mol. The van der Waals surface area contributed by atoms with Crippen molar-refractivity contribution in [2.75, 3.05) is 17.1 Å². The number of fused-ring (bicyclic) bond motifs is 1. The van der Waals surface area contributed by atoms with Gasteiger partial charge in [-0.1, -0.05) is 6.92 Å². The summed E-state index contributed by atoms with van der Waals surface area (Å²) in [5.41, 5.74) is 1.79. The molecule has 0 aliphatic carbocycles. The lowest BCUT2D eigenvalue weighted by Gasteiger charge is -2.28. The minimum absolute atomic E-state index is 0.0238. The summed E-state index contributed by atoms with van der Waals surface area (Å²) in [6.07, 6.45) is 4.61. The van der Waals surface area contributed by atoms with Gasteiger partial charge in [-0.3, -0.25) is 14.1 Å². The molecule has 1 aliphatic heterocycles. The third-order valence-corrected chi connectivity index (χ3v) is 4.21. The first-order valence-corrected chi connectivity index (χ1v) is 7.78. The van der Waals surface area contributed by atoms with Crippen molar-refractivity contribution in [3.05, 3.63) is 23.5 Å². The molecule has 0 atom stereocenters. The smallest absolute Gasteiger partial charge is 0.232 e. The Hall–Kier alpha value is -1.43. The summed E-state index contributed by atoms with van der Waals surface area (Å²) < 4.78 is 24.8. The van der Waals surface area contributed by atoms with E-state index < -0.39 is 10.0 Å². The number of sulfonamides is 1. The maximum absolute atomic E-state index is 11.7. The van der Waals surface area contributed by atoms with Crippen LogP contribution in [-0.2, 0) is 16.4 Å². The molecule has 18 heavy (non-hydrogen) atoms. The van der Waals surface area contributed by atoms with E-state index in [4.69, 9.17) is 0 Å². The number of hydrogen-bond donors (Lipinski definition) is 0. The monoisotopic (exact) mass is 268 g/mol. The van der Waals surface area contributed by atoms with Crippen LogP contribution in [0.2, 0.25) is 0 Å². The van der Waals surface area contributed by atoms with Crippen molar-refractivity contribution in [1.82, 2.24) is 4.98 Å². The average molecular weight is 268 g/mol. The number of carbonyl (C=O) groups is 1. The van der Waals surface area contributed by atoms with Crippen LogP contribution in [0, 0.1) is 0 Å². The van der Waals surface area contributed by atoms with Crippen molar-refractivity contribution >= 4 is 21.5 Å². The Bertz CT molecular complexity index is 581. The molecule has 2 rings (SSSR count). The molecular weight excluding hydrogens is 252 g/mol. The zero-order valence-corrected chi connectivity index (χ0v) is 11.3. The molecule has 0 radical (unpaired) electrons. The summed E-state index contributed by atoms with van der Waals surface area (Å²) in [6, 6.07) is 1.65. The fourth-order valence-corrected chi connectivity index (χ4v) is 3.08. The van der Waals surface area contributed by atoms with Gasteiger partial charge in [0.15, 0.2) is 5.78 Å². The standard InChI is InChI=1S/C12H16N2O3S/c1-3-12(15)9-7-11-10(13-8-9)5-4-6-14(11)18(2,16)17/h7-8H,3-6H2,1-2H3. The fourth-order valence-electron chi connectivity index (χ4n) is 2.10. The Labute approximate surface area is 107 Å². The summed E-state index contributed by atoms with van der Waals surface area (Å²) in [5, 5.41) is 0. The first-order valence-electron chi connectivity index (χ1n) is 5.93. The highest BCUT2D eigenvalue weighted by Gasteiger charge is 2.25. The second kappa shape index (κ2) is 4.68. The van der Waals surface area contributed by atoms with Gasteiger partial charge in [0.2, 0.25) is 10.0 Å². The lowest BCUT2D eigenvalue weighted by molar-refractivity contribution is 0.0988. The number of hydrogen-bond acceptors (Lipinski definition) is 4. The number of anilines is 1. The van der Waals surface area contributed by atoms with Gasteiger partial charge in [0.05, 0.1) is 17.6 Å². The highest BCUT2D eigenvalue weighted by Crippen LogP contribution is 2.28. The number of ketones is 1. The molecular formula is C12H16N2O3S. The molecule has 0 unspecified atom stereocenters. The Kier molecular flexibility index (Phi) is 3.38. The highest BCUT2D eigenvalue weighted by molar-refractivity contribution is 7.92. The number of rotatable bonds is 3. The maximum Gasteiger partial charge on any atom is 0.232 e. The van der Waals surface area contributed by atoms with E-state index in [1.54, 1.807) is 13.0 Å². The van der Waals surface area contributed by atoms with Crippen molar-refractivity contribution in [2.24, 2.45) is 0 Å². The van der Waals surface area contributed by atoms with Gasteiger partial charge >= 0.3 is 0 Å². The predicted octanol–water partition coefficient (Wildman–Crippen LogP) is 1.39. The quantitative estimate of drug-likeness (QED) is 0.777. The van der Waals surface area contributed by atoms with Gasteiger partial charge in [-0.15, -0.1) is 0 Å². The number of aromatic nitrogens is 1. The summed E-state index contributed by atoms with van der Waals surface area (Å²) >= 11 is 0. The van der Waals surface area contributed by atoms with Crippen LogP contribution in [0.25, 0.3) is 0 Å². The van der Waals surface area contributed by atoms with E-state index in [0.29, 0.717) is 24.2 Å². The molecule has 1 aliphatic rings. The number of carbonyl (C=O) groups excluding carboxylic acids is 1. The summed E-state index contributed by atoms with van der Waals surface area (Å²) in [7, 11) is -3.31. The third kappa shape index (κ3) is 2.38. The summed E-state index contributed by atoms with van der Waals surface area (Å²) in [5.74, 6) is -0.0238. The second-order valence-electron chi connectivity index (χ2n) is 4.41. The third-order valence-electron chi connectivity index (χ3n) is 3.03. The minimum Gasteiger partial charge on any atom is -0.294 e. The number of pyridine rings is 1. The molecule has 1 aromatic rings. The molecule has 6 heteroatoms. The molecule has 1 aromatic heterocycles. The van der Waals surface area contributed by atoms with E-state index in [2.05, 4.69) is 4.98 Å². The number of aryl methyl sites for hydroxylation is 1. The molecule has 0 aromatic carbocycles. The first-order chi connectivity index (χ1) is 8.43. The summed E-state index contributed by atoms with van der Waals surface area (Å²) in [6.45, 7) is 2.23. The topological polar surface area (TPSA) is 67.3 Å². The van der Waals surface area contributed by atoms with Gasteiger partial charge in [-0.25, -0.2) is 8.42 Å². The molecule has 5 nitrogen and oxygen atoms in total. The van der Waals surface area contributed by atoms with Crippen LogP contribution in [-0.4, -0.2) is 32.0 Å². The zero-order valence-electron chi connectivity index (χ0n) is 10.5. The van der Waals surface area contributed by atoms with Gasteiger partial charge in [0.1, 0.15) is 0 Å². The van der Waals surface area contributed by atoms with E-state index in [-0.39, 0.29) is 5.78 Å². The molecule has 0 bridgehead atoms. The minimum atomic E-state index is -3.31. The van der Waals surface area contributed by atoms with Gasteiger partial charge in [0, 0.05) is 24.7 Å². The fraction of sp³-hybridized carbons (Fsp3) is 0.500. The van der Waals surface area contributed by atoms with Crippen molar-refractivity contribution in [3.63, 3.8) is 0 Å². The van der Waals surface area contributed by atoms with Crippen molar-refractivity contribution in [1.29, 1.82) is 0 Å². The van der Waals surface area contributed by atoms with Gasteiger partial charge in [-0.2, -0.15) is 0 Å². The zero-order chi connectivity index (χ0) is 13.3. The number of nitrogens with zero attached hydrogens (tertiary/aromatic N) is 2. The Morgan fingerprint density at radius 3 is 2.83 bits per heavy atom. The van der Waals surface area contributed by atoms with Crippen LogP contribution in [0.3, 0.4) is 0 Å². The van der Waals surface area contributed by atoms with Crippen molar-refractivity contribution < 1.29 is 13.2 Å². The van der Waals surface area contributed by atoms with E-state index in [1.807, 2.05) is 0 Å². The second-order valence-corrected chi connectivity index (χ2v) is 6.31. The van der Waals surface area contributed by atoms with Gasteiger partial charge < -0.3 is 0 Å². The van der Waals surface area contributed by atoms with Crippen LogP contribution < -0.4 is 4.31 Å². The van der Waals surface area contributed by atoms with Crippen LogP contribution in [0.4, 0.5) is 5.69 Å². The van der Waals surface area contributed by atoms with Gasteiger partial charge in [0.25, 0.3) is 0 Å². The van der Waals surface area contributed by atoms with Crippen molar-refractivity contribution in [2.45, 2.75) is 26.2 Å². The Morgan fingerprint density at radius 2 is 2.22 bits per heavy atom. The van der Waals surface area contributed by atoms with E-state index in [0.717, 1.165) is 18.5 Å². The molecule has 98 valence electrons. The average Bonchev–Trinajstić information content (AvgIpc) is 2.35. The Balaban J connectivity index is 2.51. The SMILES string of the molecule is CCC(=O)c1cnc2c(c1)N(S(C)(=O)=O)CCC2. The largest absolute Gasteiger partial charge is 0.294 e.